The minimum atomic E-state index is -3.58. The fraction of sp³-hybridized carbons (Fsp3) is 0.562. The van der Waals surface area contributed by atoms with E-state index in [9.17, 15) is 13.2 Å². The SMILES string of the molecule is Cc1ccc(Cl)cc1N(CC(=O)N1CCC[C@@H](C)C1)S(C)(=O)=O. The highest BCUT2D eigenvalue weighted by atomic mass is 35.5. The molecule has 1 aromatic rings. The Bertz CT molecular complexity index is 691. The standard InChI is InChI=1S/C16H23ClN2O3S/c1-12-5-4-8-18(10-12)16(20)11-19(23(3,21)22)15-9-14(17)7-6-13(15)2/h6-7,9,12H,4-5,8,10-11H2,1-3H3/t12-/m1/s1. The van der Waals surface area contributed by atoms with Crippen LogP contribution in [-0.4, -0.2) is 45.1 Å². The number of rotatable bonds is 4. The topological polar surface area (TPSA) is 57.7 Å². The van der Waals surface area contributed by atoms with E-state index < -0.39 is 10.0 Å². The number of benzene rings is 1. The maximum absolute atomic E-state index is 12.6. The quantitative estimate of drug-likeness (QED) is 0.831. The highest BCUT2D eigenvalue weighted by molar-refractivity contribution is 7.92. The Labute approximate surface area is 143 Å². The molecule has 1 heterocycles. The largest absolute Gasteiger partial charge is 0.341 e. The monoisotopic (exact) mass is 358 g/mol. The third-order valence-corrected chi connectivity index (χ3v) is 5.49. The van der Waals surface area contributed by atoms with Gasteiger partial charge < -0.3 is 4.90 Å². The Hall–Kier alpha value is -1.27. The molecule has 2 rings (SSSR count). The van der Waals surface area contributed by atoms with Crippen molar-refractivity contribution in [2.75, 3.05) is 30.2 Å². The van der Waals surface area contributed by atoms with Crippen molar-refractivity contribution in [3.63, 3.8) is 0 Å². The first-order chi connectivity index (χ1) is 10.7. The second kappa shape index (κ2) is 7.09. The van der Waals surface area contributed by atoms with Gasteiger partial charge in [-0.1, -0.05) is 24.6 Å². The lowest BCUT2D eigenvalue weighted by atomic mass is 10.0. The predicted octanol–water partition coefficient (Wildman–Crippen LogP) is 2.67. The van der Waals surface area contributed by atoms with Crippen molar-refractivity contribution in [2.24, 2.45) is 5.92 Å². The maximum Gasteiger partial charge on any atom is 0.243 e. The zero-order chi connectivity index (χ0) is 17.2. The molecule has 1 atom stereocenters. The summed E-state index contributed by atoms with van der Waals surface area (Å²) in [7, 11) is -3.58. The van der Waals surface area contributed by atoms with Crippen molar-refractivity contribution in [1.82, 2.24) is 4.90 Å². The first-order valence-corrected chi connectivity index (χ1v) is 9.92. The normalized spacial score (nSPS) is 18.8. The summed E-state index contributed by atoms with van der Waals surface area (Å²) in [6.07, 6.45) is 3.18. The van der Waals surface area contributed by atoms with Gasteiger partial charge in [0.25, 0.3) is 0 Å². The van der Waals surface area contributed by atoms with Gasteiger partial charge in [-0.05, 0) is 43.4 Å². The number of sulfonamides is 1. The first-order valence-electron chi connectivity index (χ1n) is 7.70. The van der Waals surface area contributed by atoms with Gasteiger partial charge in [0.1, 0.15) is 6.54 Å². The van der Waals surface area contributed by atoms with Crippen molar-refractivity contribution in [1.29, 1.82) is 0 Å². The fourth-order valence-corrected chi connectivity index (χ4v) is 3.94. The summed E-state index contributed by atoms with van der Waals surface area (Å²) in [5, 5.41) is 0.443. The molecule has 0 bridgehead atoms. The van der Waals surface area contributed by atoms with Crippen LogP contribution in [0.15, 0.2) is 18.2 Å². The molecule has 0 aliphatic carbocycles. The summed E-state index contributed by atoms with van der Waals surface area (Å²) in [4.78, 5) is 14.3. The van der Waals surface area contributed by atoms with Crippen LogP contribution in [0, 0.1) is 12.8 Å². The molecule has 0 N–H and O–H groups in total. The fourth-order valence-electron chi connectivity index (χ4n) is 2.87. The number of likely N-dealkylation sites (tertiary alicyclic amines) is 1. The summed E-state index contributed by atoms with van der Waals surface area (Å²) in [5.41, 5.74) is 1.22. The smallest absolute Gasteiger partial charge is 0.243 e. The molecule has 1 fully saturated rings. The molecule has 0 unspecified atom stereocenters. The molecule has 1 aromatic carbocycles. The molecule has 0 radical (unpaired) electrons. The van der Waals surface area contributed by atoms with Crippen molar-refractivity contribution in [3.8, 4) is 0 Å². The van der Waals surface area contributed by atoms with Crippen LogP contribution < -0.4 is 4.31 Å². The van der Waals surface area contributed by atoms with Gasteiger partial charge in [0, 0.05) is 18.1 Å². The number of hydrogen-bond acceptors (Lipinski definition) is 3. The van der Waals surface area contributed by atoms with Crippen LogP contribution in [0.1, 0.15) is 25.3 Å². The van der Waals surface area contributed by atoms with Crippen molar-refractivity contribution >= 4 is 33.2 Å². The summed E-state index contributed by atoms with van der Waals surface area (Å²) < 4.78 is 25.5. The van der Waals surface area contributed by atoms with Crippen LogP contribution in [0.3, 0.4) is 0 Å². The number of amides is 1. The number of nitrogens with zero attached hydrogens (tertiary/aromatic N) is 2. The number of carbonyl (C=O) groups excluding carboxylic acids is 1. The van der Waals surface area contributed by atoms with Gasteiger partial charge >= 0.3 is 0 Å². The van der Waals surface area contributed by atoms with Gasteiger partial charge in [-0.15, -0.1) is 0 Å². The third-order valence-electron chi connectivity index (χ3n) is 4.13. The molecule has 0 saturated carbocycles. The second-order valence-corrected chi connectivity index (χ2v) is 8.63. The molecule has 1 aliphatic heterocycles. The lowest BCUT2D eigenvalue weighted by Gasteiger charge is -2.33. The lowest BCUT2D eigenvalue weighted by molar-refractivity contribution is -0.131. The molecule has 23 heavy (non-hydrogen) atoms. The Balaban J connectivity index is 2.26. The summed E-state index contributed by atoms with van der Waals surface area (Å²) >= 11 is 6.00. The summed E-state index contributed by atoms with van der Waals surface area (Å²) in [6, 6.07) is 5.04. The van der Waals surface area contributed by atoms with Gasteiger partial charge in [0.05, 0.1) is 11.9 Å². The van der Waals surface area contributed by atoms with Crippen molar-refractivity contribution in [3.05, 3.63) is 28.8 Å². The second-order valence-electron chi connectivity index (χ2n) is 6.29. The van der Waals surface area contributed by atoms with Crippen LogP contribution in [0.5, 0.6) is 0 Å². The highest BCUT2D eigenvalue weighted by Crippen LogP contribution is 2.26. The van der Waals surface area contributed by atoms with Gasteiger partial charge in [-0.25, -0.2) is 8.42 Å². The average Bonchev–Trinajstić information content (AvgIpc) is 2.46. The van der Waals surface area contributed by atoms with Gasteiger partial charge in [0.15, 0.2) is 0 Å². The van der Waals surface area contributed by atoms with Crippen molar-refractivity contribution < 1.29 is 13.2 Å². The molecule has 7 heteroatoms. The van der Waals surface area contributed by atoms with E-state index in [1.807, 2.05) is 0 Å². The predicted molar refractivity (Wildman–Crippen MR) is 93.4 cm³/mol. The summed E-state index contributed by atoms with van der Waals surface area (Å²) in [6.45, 7) is 5.10. The minimum absolute atomic E-state index is 0.165. The molecule has 1 saturated heterocycles. The zero-order valence-electron chi connectivity index (χ0n) is 13.8. The molecule has 5 nitrogen and oxygen atoms in total. The van der Waals surface area contributed by atoms with Gasteiger partial charge in [-0.3, -0.25) is 9.10 Å². The Kier molecular flexibility index (Phi) is 5.57. The number of aryl methyl sites for hydroxylation is 1. The Morgan fingerprint density at radius 2 is 2.13 bits per heavy atom. The number of piperidine rings is 1. The first kappa shape index (κ1) is 18.1. The summed E-state index contributed by atoms with van der Waals surface area (Å²) in [5.74, 6) is 0.286. The van der Waals surface area contributed by atoms with Crippen LogP contribution in [0.2, 0.25) is 5.02 Å². The molecule has 1 amide bonds. The number of carbonyl (C=O) groups is 1. The highest BCUT2D eigenvalue weighted by Gasteiger charge is 2.27. The Morgan fingerprint density at radius 3 is 2.74 bits per heavy atom. The number of hydrogen-bond donors (Lipinski definition) is 0. The van der Waals surface area contributed by atoms with E-state index in [1.165, 1.54) is 0 Å². The molecular formula is C16H23ClN2O3S. The van der Waals surface area contributed by atoms with Crippen molar-refractivity contribution in [2.45, 2.75) is 26.7 Å². The number of anilines is 1. The van der Waals surface area contributed by atoms with E-state index >= 15 is 0 Å². The lowest BCUT2D eigenvalue weighted by Crippen LogP contribution is -2.46. The molecular weight excluding hydrogens is 336 g/mol. The minimum Gasteiger partial charge on any atom is -0.341 e. The van der Waals surface area contributed by atoms with E-state index in [0.717, 1.165) is 29.0 Å². The third kappa shape index (κ3) is 4.61. The molecule has 0 aromatic heterocycles. The molecule has 0 spiro atoms. The maximum atomic E-state index is 12.6. The van der Waals surface area contributed by atoms with Crippen LogP contribution in [-0.2, 0) is 14.8 Å². The molecule has 128 valence electrons. The van der Waals surface area contributed by atoms with E-state index in [2.05, 4.69) is 6.92 Å². The van der Waals surface area contributed by atoms with E-state index in [-0.39, 0.29) is 12.5 Å². The van der Waals surface area contributed by atoms with Crippen LogP contribution in [0.4, 0.5) is 5.69 Å². The average molecular weight is 359 g/mol. The number of halogens is 1. The van der Waals surface area contributed by atoms with Crippen LogP contribution in [0.25, 0.3) is 0 Å². The van der Waals surface area contributed by atoms with Crippen LogP contribution >= 0.6 is 11.6 Å². The van der Waals surface area contributed by atoms with E-state index in [1.54, 1.807) is 30.0 Å². The Morgan fingerprint density at radius 1 is 1.43 bits per heavy atom. The van der Waals surface area contributed by atoms with Gasteiger partial charge in [0.2, 0.25) is 15.9 Å². The van der Waals surface area contributed by atoms with E-state index in [4.69, 9.17) is 11.6 Å². The molecule has 1 aliphatic rings. The van der Waals surface area contributed by atoms with E-state index in [0.29, 0.717) is 29.7 Å². The van der Waals surface area contributed by atoms with Gasteiger partial charge in [-0.2, -0.15) is 0 Å². The zero-order valence-corrected chi connectivity index (χ0v) is 15.3.